The lowest BCUT2D eigenvalue weighted by Crippen LogP contribution is -2.27. The summed E-state index contributed by atoms with van der Waals surface area (Å²) in [5, 5.41) is -0.0304. The average Bonchev–Trinajstić information content (AvgIpc) is 3.44. The Bertz CT molecular complexity index is 1450. The zero-order chi connectivity index (χ0) is 26.8. The maximum atomic E-state index is 13.2. The SMILES string of the molecule is CCOc1cc(/C=C2\SC(=O)N(Cc3cc4c(cc3Cl)OCO4)C2=O)cc(Br)c1OCc1ccc(F)cc1. The third-order valence-electron chi connectivity index (χ3n) is 5.67. The summed E-state index contributed by atoms with van der Waals surface area (Å²) in [5.74, 6) is 1.22. The van der Waals surface area contributed by atoms with E-state index in [0.717, 1.165) is 22.2 Å². The molecule has 5 rings (SSSR count). The summed E-state index contributed by atoms with van der Waals surface area (Å²) in [6.07, 6.45) is 1.63. The maximum Gasteiger partial charge on any atom is 0.293 e. The molecular weight excluding hydrogens is 601 g/mol. The molecule has 0 aromatic heterocycles. The first-order chi connectivity index (χ1) is 18.3. The molecular formula is C27H20BrClFNO6S. The topological polar surface area (TPSA) is 74.3 Å². The first kappa shape index (κ1) is 26.4. The normalized spacial score (nSPS) is 15.5. The molecule has 0 spiro atoms. The van der Waals surface area contributed by atoms with Crippen LogP contribution in [-0.2, 0) is 17.9 Å². The minimum Gasteiger partial charge on any atom is -0.490 e. The van der Waals surface area contributed by atoms with Crippen molar-refractivity contribution in [1.29, 1.82) is 0 Å². The molecule has 3 aromatic carbocycles. The van der Waals surface area contributed by atoms with E-state index >= 15 is 0 Å². The Hall–Kier alpha value is -3.21. The Morgan fingerprint density at radius 2 is 1.84 bits per heavy atom. The minimum absolute atomic E-state index is 0.00152. The van der Waals surface area contributed by atoms with Crippen LogP contribution in [0.15, 0.2) is 57.9 Å². The number of ether oxygens (including phenoxy) is 4. The number of halogens is 3. The van der Waals surface area contributed by atoms with Crippen LogP contribution in [0.5, 0.6) is 23.0 Å². The molecule has 3 aromatic rings. The summed E-state index contributed by atoms with van der Waals surface area (Å²) >= 11 is 10.7. The Labute approximate surface area is 235 Å². The monoisotopic (exact) mass is 619 g/mol. The summed E-state index contributed by atoms with van der Waals surface area (Å²) in [6, 6.07) is 12.8. The van der Waals surface area contributed by atoms with Crippen LogP contribution >= 0.6 is 39.3 Å². The number of carbonyl (C=O) groups excluding carboxylic acids is 2. The van der Waals surface area contributed by atoms with E-state index in [1.54, 1.807) is 42.5 Å². The lowest BCUT2D eigenvalue weighted by molar-refractivity contribution is -0.123. The molecule has 2 aliphatic rings. The second kappa shape index (κ2) is 11.3. The van der Waals surface area contributed by atoms with Crippen molar-refractivity contribution < 1.29 is 32.9 Å². The highest BCUT2D eigenvalue weighted by Crippen LogP contribution is 2.41. The van der Waals surface area contributed by atoms with Gasteiger partial charge in [0.2, 0.25) is 6.79 Å². The van der Waals surface area contributed by atoms with Crippen LogP contribution < -0.4 is 18.9 Å². The van der Waals surface area contributed by atoms with Crippen LogP contribution in [0.25, 0.3) is 6.08 Å². The molecule has 2 heterocycles. The van der Waals surface area contributed by atoms with Gasteiger partial charge in [-0.3, -0.25) is 14.5 Å². The van der Waals surface area contributed by atoms with Crippen molar-refractivity contribution in [3.63, 3.8) is 0 Å². The molecule has 2 aliphatic heterocycles. The van der Waals surface area contributed by atoms with Crippen molar-refractivity contribution in [1.82, 2.24) is 4.90 Å². The van der Waals surface area contributed by atoms with Gasteiger partial charge in [-0.25, -0.2) is 4.39 Å². The van der Waals surface area contributed by atoms with Gasteiger partial charge >= 0.3 is 0 Å². The molecule has 2 amide bonds. The van der Waals surface area contributed by atoms with Crippen LogP contribution in [0.3, 0.4) is 0 Å². The first-order valence-corrected chi connectivity index (χ1v) is 13.5. The minimum atomic E-state index is -0.431. The van der Waals surface area contributed by atoms with Gasteiger partial charge in [0.25, 0.3) is 11.1 Å². The van der Waals surface area contributed by atoms with Crippen LogP contribution in [0.1, 0.15) is 23.6 Å². The highest BCUT2D eigenvalue weighted by atomic mass is 79.9. The van der Waals surface area contributed by atoms with Crippen molar-refractivity contribution in [3.05, 3.63) is 85.4 Å². The number of rotatable bonds is 8. The Morgan fingerprint density at radius 3 is 2.58 bits per heavy atom. The van der Waals surface area contributed by atoms with Crippen molar-refractivity contribution in [2.24, 2.45) is 0 Å². The molecule has 0 radical (unpaired) electrons. The highest BCUT2D eigenvalue weighted by molar-refractivity contribution is 9.10. The number of imide groups is 1. The van der Waals surface area contributed by atoms with E-state index < -0.39 is 11.1 Å². The van der Waals surface area contributed by atoms with E-state index in [1.165, 1.54) is 12.1 Å². The van der Waals surface area contributed by atoms with Gasteiger partial charge in [-0.2, -0.15) is 0 Å². The number of hydrogen-bond donors (Lipinski definition) is 0. The summed E-state index contributed by atoms with van der Waals surface area (Å²) in [4.78, 5) is 27.3. The number of benzene rings is 3. The molecule has 0 saturated carbocycles. The average molecular weight is 621 g/mol. The standard InChI is InChI=1S/C27H20BrClFNO6S/c1-2-34-23-8-16(7-19(28)25(23)35-13-15-3-5-18(30)6-4-15)9-24-26(32)31(27(33)38-24)12-17-10-21-22(11-20(17)29)37-14-36-21/h3-11H,2,12-14H2,1H3/b24-9-. The fourth-order valence-electron chi connectivity index (χ4n) is 3.85. The number of carbonyl (C=O) groups is 2. The third-order valence-corrected chi connectivity index (χ3v) is 7.52. The lowest BCUT2D eigenvalue weighted by Gasteiger charge is -2.15. The quantitative estimate of drug-likeness (QED) is 0.247. The largest absolute Gasteiger partial charge is 0.490 e. The van der Waals surface area contributed by atoms with Crippen molar-refractivity contribution in [2.75, 3.05) is 13.4 Å². The molecule has 0 atom stereocenters. The second-order valence-corrected chi connectivity index (χ2v) is 10.5. The second-order valence-electron chi connectivity index (χ2n) is 8.24. The molecule has 0 N–H and O–H groups in total. The molecule has 0 bridgehead atoms. The molecule has 0 unspecified atom stereocenters. The summed E-state index contributed by atoms with van der Waals surface area (Å²) in [7, 11) is 0. The molecule has 1 saturated heterocycles. The predicted molar refractivity (Wildman–Crippen MR) is 145 cm³/mol. The van der Waals surface area contributed by atoms with Crippen LogP contribution in [-0.4, -0.2) is 29.4 Å². The number of amides is 2. The van der Waals surface area contributed by atoms with Gasteiger partial charge < -0.3 is 18.9 Å². The molecule has 0 aliphatic carbocycles. The Kier molecular flexibility index (Phi) is 7.83. The molecule has 11 heteroatoms. The van der Waals surface area contributed by atoms with Crippen LogP contribution in [0, 0.1) is 5.82 Å². The van der Waals surface area contributed by atoms with Crippen molar-refractivity contribution in [2.45, 2.75) is 20.1 Å². The zero-order valence-electron chi connectivity index (χ0n) is 20.0. The van der Waals surface area contributed by atoms with Gasteiger partial charge in [-0.05, 0) is 87.7 Å². The number of hydrogen-bond acceptors (Lipinski definition) is 7. The number of fused-ring (bicyclic) bond motifs is 1. The highest BCUT2D eigenvalue weighted by Gasteiger charge is 2.36. The van der Waals surface area contributed by atoms with Gasteiger partial charge in [-0.15, -0.1) is 0 Å². The van der Waals surface area contributed by atoms with Gasteiger partial charge in [0.15, 0.2) is 23.0 Å². The van der Waals surface area contributed by atoms with Gasteiger partial charge in [0.1, 0.15) is 12.4 Å². The van der Waals surface area contributed by atoms with Gasteiger partial charge in [0.05, 0.1) is 22.5 Å². The van der Waals surface area contributed by atoms with Crippen molar-refractivity contribution >= 4 is 56.5 Å². The van der Waals surface area contributed by atoms with Gasteiger partial charge in [-0.1, -0.05) is 23.7 Å². The molecule has 1 fully saturated rings. The van der Waals surface area contributed by atoms with E-state index in [0.29, 0.717) is 50.2 Å². The first-order valence-electron chi connectivity index (χ1n) is 11.5. The number of nitrogens with zero attached hydrogens (tertiary/aromatic N) is 1. The fourth-order valence-corrected chi connectivity index (χ4v) is 5.47. The van der Waals surface area contributed by atoms with E-state index in [4.69, 9.17) is 30.5 Å². The fraction of sp³-hybridized carbons (Fsp3) is 0.185. The maximum absolute atomic E-state index is 13.2. The Morgan fingerprint density at radius 1 is 1.11 bits per heavy atom. The third kappa shape index (κ3) is 5.62. The molecule has 196 valence electrons. The van der Waals surface area contributed by atoms with E-state index in [-0.39, 0.29) is 30.7 Å². The number of thioether (sulfide) groups is 1. The smallest absolute Gasteiger partial charge is 0.293 e. The van der Waals surface area contributed by atoms with Crippen molar-refractivity contribution in [3.8, 4) is 23.0 Å². The van der Waals surface area contributed by atoms with Crippen LogP contribution in [0.2, 0.25) is 5.02 Å². The van der Waals surface area contributed by atoms with Gasteiger partial charge in [0, 0.05) is 11.1 Å². The van der Waals surface area contributed by atoms with E-state index in [2.05, 4.69) is 15.9 Å². The molecule has 38 heavy (non-hydrogen) atoms. The summed E-state index contributed by atoms with van der Waals surface area (Å²) in [6.45, 7) is 2.53. The van der Waals surface area contributed by atoms with E-state index in [9.17, 15) is 14.0 Å². The zero-order valence-corrected chi connectivity index (χ0v) is 23.1. The van der Waals surface area contributed by atoms with E-state index in [1.807, 2.05) is 6.92 Å². The molecule has 7 nitrogen and oxygen atoms in total. The predicted octanol–water partition coefficient (Wildman–Crippen LogP) is 7.18. The summed E-state index contributed by atoms with van der Waals surface area (Å²) < 4.78 is 36.2. The summed E-state index contributed by atoms with van der Waals surface area (Å²) in [5.41, 5.74) is 2.01. The lowest BCUT2D eigenvalue weighted by atomic mass is 10.1. The Balaban J connectivity index is 1.35. The van der Waals surface area contributed by atoms with Crippen LogP contribution in [0.4, 0.5) is 9.18 Å².